The molecule has 0 amide bonds. The fraction of sp³-hybridized carbons (Fsp3) is 0.500. The summed E-state index contributed by atoms with van der Waals surface area (Å²) in [7, 11) is 1.40. The standard InChI is InChI=1S/C12H17N3O5/c1-7(2)8(6-11(16)17)13-12-9(15(18)19)4-5-10(14-12)20-3/h4-5,7-8H,6H2,1-3H3,(H,13,14)(H,16,17). The number of carboxylic acid groups (broad SMARTS) is 1. The number of ether oxygens (including phenoxy) is 1. The highest BCUT2D eigenvalue weighted by atomic mass is 16.6. The van der Waals surface area contributed by atoms with Gasteiger partial charge in [0.2, 0.25) is 11.7 Å². The zero-order valence-electron chi connectivity index (χ0n) is 11.5. The number of nitrogens with one attached hydrogen (secondary N) is 1. The molecule has 1 unspecified atom stereocenters. The molecular formula is C12H17N3O5. The zero-order chi connectivity index (χ0) is 15.3. The number of hydrogen-bond donors (Lipinski definition) is 2. The average molecular weight is 283 g/mol. The van der Waals surface area contributed by atoms with Gasteiger partial charge in [0.1, 0.15) is 0 Å². The normalized spacial score (nSPS) is 12.0. The van der Waals surface area contributed by atoms with E-state index in [1.165, 1.54) is 19.2 Å². The second-order valence-electron chi connectivity index (χ2n) is 4.57. The van der Waals surface area contributed by atoms with Crippen LogP contribution in [0.25, 0.3) is 0 Å². The van der Waals surface area contributed by atoms with E-state index in [4.69, 9.17) is 9.84 Å². The Balaban J connectivity index is 3.08. The van der Waals surface area contributed by atoms with E-state index in [2.05, 4.69) is 10.3 Å². The third-order valence-corrected chi connectivity index (χ3v) is 2.78. The number of anilines is 1. The number of aliphatic carboxylic acids is 1. The van der Waals surface area contributed by atoms with Crippen LogP contribution in [0.15, 0.2) is 12.1 Å². The Morgan fingerprint density at radius 3 is 2.65 bits per heavy atom. The second-order valence-corrected chi connectivity index (χ2v) is 4.57. The molecular weight excluding hydrogens is 266 g/mol. The van der Waals surface area contributed by atoms with Crippen LogP contribution in [0.1, 0.15) is 20.3 Å². The molecule has 0 bridgehead atoms. The van der Waals surface area contributed by atoms with Gasteiger partial charge in [-0.3, -0.25) is 14.9 Å². The molecule has 1 aromatic heterocycles. The molecule has 2 N–H and O–H groups in total. The van der Waals surface area contributed by atoms with E-state index in [1.54, 1.807) is 0 Å². The Morgan fingerprint density at radius 2 is 2.20 bits per heavy atom. The molecule has 1 atom stereocenters. The van der Waals surface area contributed by atoms with E-state index in [1.807, 2.05) is 13.8 Å². The lowest BCUT2D eigenvalue weighted by atomic mass is 10.0. The highest BCUT2D eigenvalue weighted by Gasteiger charge is 2.23. The molecule has 110 valence electrons. The van der Waals surface area contributed by atoms with Crippen molar-refractivity contribution in [1.29, 1.82) is 0 Å². The van der Waals surface area contributed by atoms with Crippen LogP contribution in [-0.2, 0) is 4.79 Å². The first kappa shape index (κ1) is 15.7. The fourth-order valence-electron chi connectivity index (χ4n) is 1.62. The third-order valence-electron chi connectivity index (χ3n) is 2.78. The number of aromatic nitrogens is 1. The summed E-state index contributed by atoms with van der Waals surface area (Å²) < 4.78 is 4.92. The molecule has 0 aliphatic carbocycles. The first-order chi connectivity index (χ1) is 9.35. The molecule has 0 saturated heterocycles. The summed E-state index contributed by atoms with van der Waals surface area (Å²) in [4.78, 5) is 25.2. The van der Waals surface area contributed by atoms with Crippen LogP contribution in [0.3, 0.4) is 0 Å². The molecule has 8 heteroatoms. The molecule has 8 nitrogen and oxygen atoms in total. The molecule has 0 aliphatic heterocycles. The molecule has 0 spiro atoms. The molecule has 0 fully saturated rings. The summed E-state index contributed by atoms with van der Waals surface area (Å²) in [5.74, 6) is -0.786. The molecule has 20 heavy (non-hydrogen) atoms. The molecule has 1 aromatic rings. The van der Waals surface area contributed by atoms with E-state index < -0.39 is 16.9 Å². The third kappa shape index (κ3) is 4.08. The van der Waals surface area contributed by atoms with E-state index in [-0.39, 0.29) is 29.7 Å². The smallest absolute Gasteiger partial charge is 0.311 e. The average Bonchev–Trinajstić information content (AvgIpc) is 2.36. The Hall–Kier alpha value is -2.38. The number of rotatable bonds is 7. The minimum atomic E-state index is -0.984. The predicted octanol–water partition coefficient (Wildman–Crippen LogP) is 1.91. The molecule has 1 heterocycles. The van der Waals surface area contributed by atoms with Gasteiger partial charge in [-0.2, -0.15) is 4.98 Å². The maximum absolute atomic E-state index is 11.0. The SMILES string of the molecule is COc1ccc([N+](=O)[O-])c(NC(CC(=O)O)C(C)C)n1. The lowest BCUT2D eigenvalue weighted by molar-refractivity contribution is -0.384. The topological polar surface area (TPSA) is 115 Å². The zero-order valence-corrected chi connectivity index (χ0v) is 11.5. The van der Waals surface area contributed by atoms with E-state index >= 15 is 0 Å². The molecule has 0 radical (unpaired) electrons. The number of carboxylic acids is 1. The number of carbonyl (C=O) groups is 1. The van der Waals surface area contributed by atoms with Crippen molar-refractivity contribution in [1.82, 2.24) is 4.98 Å². The van der Waals surface area contributed by atoms with Crippen molar-refractivity contribution < 1.29 is 19.6 Å². The van der Waals surface area contributed by atoms with E-state index in [0.29, 0.717) is 0 Å². The summed E-state index contributed by atoms with van der Waals surface area (Å²) in [5, 5.41) is 22.7. The lowest BCUT2D eigenvalue weighted by Crippen LogP contribution is -2.29. The van der Waals surface area contributed by atoms with E-state index in [0.717, 1.165) is 0 Å². The number of nitro groups is 1. The summed E-state index contributed by atoms with van der Waals surface area (Å²) >= 11 is 0. The fourth-order valence-corrected chi connectivity index (χ4v) is 1.62. The van der Waals surface area contributed by atoms with Crippen molar-refractivity contribution >= 4 is 17.5 Å². The van der Waals surface area contributed by atoms with Crippen LogP contribution in [-0.4, -0.2) is 34.1 Å². The molecule has 1 rings (SSSR count). The second kappa shape index (κ2) is 6.69. The van der Waals surface area contributed by atoms with Crippen molar-refractivity contribution in [3.05, 3.63) is 22.2 Å². The summed E-state index contributed by atoms with van der Waals surface area (Å²) in [6.07, 6.45) is -0.159. The van der Waals surface area contributed by atoms with Crippen LogP contribution in [0.2, 0.25) is 0 Å². The van der Waals surface area contributed by atoms with Crippen LogP contribution >= 0.6 is 0 Å². The molecule has 0 saturated carbocycles. The largest absolute Gasteiger partial charge is 0.481 e. The van der Waals surface area contributed by atoms with Gasteiger partial charge < -0.3 is 15.2 Å². The number of nitrogens with zero attached hydrogens (tertiary/aromatic N) is 2. The Labute approximate surface area is 115 Å². The Morgan fingerprint density at radius 1 is 1.55 bits per heavy atom. The Bertz CT molecular complexity index is 504. The van der Waals surface area contributed by atoms with Gasteiger partial charge in [-0.1, -0.05) is 13.8 Å². The number of hydrogen-bond acceptors (Lipinski definition) is 6. The summed E-state index contributed by atoms with van der Waals surface area (Å²) in [5.41, 5.74) is -0.221. The van der Waals surface area contributed by atoms with Crippen LogP contribution in [0, 0.1) is 16.0 Å². The van der Waals surface area contributed by atoms with Crippen molar-refractivity contribution in [2.24, 2.45) is 5.92 Å². The summed E-state index contributed by atoms with van der Waals surface area (Å²) in [6.45, 7) is 3.65. The van der Waals surface area contributed by atoms with Gasteiger partial charge in [0.05, 0.1) is 18.5 Å². The Kier molecular flexibility index (Phi) is 5.24. The first-order valence-corrected chi connectivity index (χ1v) is 6.03. The maximum Gasteiger partial charge on any atom is 0.311 e. The van der Waals surface area contributed by atoms with Crippen molar-refractivity contribution in [2.45, 2.75) is 26.3 Å². The number of methoxy groups -OCH3 is 1. The van der Waals surface area contributed by atoms with Crippen molar-refractivity contribution in [3.8, 4) is 5.88 Å². The van der Waals surface area contributed by atoms with Gasteiger partial charge in [0, 0.05) is 18.2 Å². The molecule has 0 aliphatic rings. The molecule has 0 aromatic carbocycles. The monoisotopic (exact) mass is 283 g/mol. The van der Waals surface area contributed by atoms with Gasteiger partial charge >= 0.3 is 11.7 Å². The van der Waals surface area contributed by atoms with Crippen molar-refractivity contribution in [2.75, 3.05) is 12.4 Å². The van der Waals surface area contributed by atoms with Gasteiger partial charge in [-0.25, -0.2) is 0 Å². The van der Waals surface area contributed by atoms with E-state index in [9.17, 15) is 14.9 Å². The minimum Gasteiger partial charge on any atom is -0.481 e. The first-order valence-electron chi connectivity index (χ1n) is 6.03. The van der Waals surface area contributed by atoms with Crippen LogP contribution in [0.4, 0.5) is 11.5 Å². The predicted molar refractivity (Wildman–Crippen MR) is 71.9 cm³/mol. The highest BCUT2D eigenvalue weighted by Crippen LogP contribution is 2.27. The van der Waals surface area contributed by atoms with Gasteiger partial charge in [0.15, 0.2) is 0 Å². The quantitative estimate of drug-likeness (QED) is 0.580. The van der Waals surface area contributed by atoms with Crippen LogP contribution in [0.5, 0.6) is 5.88 Å². The maximum atomic E-state index is 11.0. The summed E-state index contributed by atoms with van der Waals surface area (Å²) in [6, 6.07) is 2.18. The van der Waals surface area contributed by atoms with Crippen LogP contribution < -0.4 is 10.1 Å². The number of pyridine rings is 1. The van der Waals surface area contributed by atoms with Crippen molar-refractivity contribution in [3.63, 3.8) is 0 Å². The minimum absolute atomic E-state index is 0.00861. The van der Waals surface area contributed by atoms with Gasteiger partial charge in [-0.15, -0.1) is 0 Å². The highest BCUT2D eigenvalue weighted by molar-refractivity contribution is 5.69. The lowest BCUT2D eigenvalue weighted by Gasteiger charge is -2.21. The van der Waals surface area contributed by atoms with Gasteiger partial charge in [0.25, 0.3) is 0 Å². The van der Waals surface area contributed by atoms with Gasteiger partial charge in [-0.05, 0) is 5.92 Å².